The fourth-order valence-corrected chi connectivity index (χ4v) is 1.41. The van der Waals surface area contributed by atoms with E-state index in [1.165, 1.54) is 12.8 Å². The van der Waals surface area contributed by atoms with Crippen LogP contribution in [0.5, 0.6) is 0 Å². The van der Waals surface area contributed by atoms with Crippen LogP contribution < -0.4 is 5.73 Å². The van der Waals surface area contributed by atoms with Crippen LogP contribution >= 0.6 is 0 Å². The SMILES string of the molecule is CC(N)(CCCOCCC1CC1)C(=O)O. The third-order valence-electron chi connectivity index (χ3n) is 2.84. The Morgan fingerprint density at radius 1 is 1.53 bits per heavy atom. The van der Waals surface area contributed by atoms with Gasteiger partial charge in [-0.05, 0) is 32.1 Å². The molecule has 3 N–H and O–H groups in total. The quantitative estimate of drug-likeness (QED) is 0.600. The maximum Gasteiger partial charge on any atom is 0.323 e. The monoisotopic (exact) mass is 215 g/mol. The van der Waals surface area contributed by atoms with E-state index in [4.69, 9.17) is 15.6 Å². The summed E-state index contributed by atoms with van der Waals surface area (Å²) in [7, 11) is 0. The lowest BCUT2D eigenvalue weighted by Crippen LogP contribution is -2.44. The number of rotatable bonds is 8. The van der Waals surface area contributed by atoms with E-state index in [1.807, 2.05) is 0 Å². The Morgan fingerprint density at radius 2 is 2.20 bits per heavy atom. The van der Waals surface area contributed by atoms with Gasteiger partial charge >= 0.3 is 5.97 Å². The Bertz CT molecular complexity index is 212. The van der Waals surface area contributed by atoms with Crippen LogP contribution in [0.4, 0.5) is 0 Å². The Morgan fingerprint density at radius 3 is 2.73 bits per heavy atom. The molecular formula is C11H21NO3. The van der Waals surface area contributed by atoms with Crippen LogP contribution in [-0.2, 0) is 9.53 Å². The predicted molar refractivity (Wildman–Crippen MR) is 57.6 cm³/mol. The molecule has 1 rings (SSSR count). The van der Waals surface area contributed by atoms with E-state index in [1.54, 1.807) is 6.92 Å². The molecular weight excluding hydrogens is 194 g/mol. The van der Waals surface area contributed by atoms with Gasteiger partial charge in [-0.1, -0.05) is 12.8 Å². The number of carboxylic acids is 1. The summed E-state index contributed by atoms with van der Waals surface area (Å²) in [4.78, 5) is 10.7. The summed E-state index contributed by atoms with van der Waals surface area (Å²) in [5.74, 6) is -0.0516. The maximum absolute atomic E-state index is 10.7. The van der Waals surface area contributed by atoms with Gasteiger partial charge in [-0.25, -0.2) is 0 Å². The van der Waals surface area contributed by atoms with Gasteiger partial charge in [0.2, 0.25) is 0 Å². The standard InChI is InChI=1S/C11H21NO3/c1-11(12,10(13)14)6-2-7-15-8-5-9-3-4-9/h9H,2-8,12H2,1H3,(H,13,14). The number of nitrogens with two attached hydrogens (primary N) is 1. The highest BCUT2D eigenvalue weighted by Crippen LogP contribution is 2.32. The van der Waals surface area contributed by atoms with Gasteiger partial charge in [0.05, 0.1) is 0 Å². The van der Waals surface area contributed by atoms with Gasteiger partial charge in [0.1, 0.15) is 5.54 Å². The minimum atomic E-state index is -1.11. The highest BCUT2D eigenvalue weighted by molar-refractivity contribution is 5.77. The zero-order chi connectivity index (χ0) is 11.3. The van der Waals surface area contributed by atoms with Crippen LogP contribution in [0, 0.1) is 5.92 Å². The van der Waals surface area contributed by atoms with Crippen molar-refractivity contribution < 1.29 is 14.6 Å². The van der Waals surface area contributed by atoms with Crippen LogP contribution in [0.3, 0.4) is 0 Å². The molecule has 1 atom stereocenters. The molecule has 0 bridgehead atoms. The van der Waals surface area contributed by atoms with Crippen molar-refractivity contribution in [3.8, 4) is 0 Å². The smallest absolute Gasteiger partial charge is 0.323 e. The molecule has 0 heterocycles. The first-order valence-corrected chi connectivity index (χ1v) is 5.62. The van der Waals surface area contributed by atoms with Crippen molar-refractivity contribution in [1.82, 2.24) is 0 Å². The van der Waals surface area contributed by atoms with E-state index >= 15 is 0 Å². The van der Waals surface area contributed by atoms with Crippen molar-refractivity contribution >= 4 is 5.97 Å². The molecule has 4 nitrogen and oxygen atoms in total. The summed E-state index contributed by atoms with van der Waals surface area (Å²) in [5, 5.41) is 8.76. The molecule has 1 saturated carbocycles. The molecule has 0 aromatic carbocycles. The van der Waals surface area contributed by atoms with Crippen LogP contribution in [0.1, 0.15) is 39.0 Å². The molecule has 0 amide bonds. The van der Waals surface area contributed by atoms with Crippen molar-refractivity contribution in [2.45, 2.75) is 44.6 Å². The van der Waals surface area contributed by atoms with Gasteiger partial charge in [-0.2, -0.15) is 0 Å². The normalized spacial score (nSPS) is 19.9. The molecule has 88 valence electrons. The summed E-state index contributed by atoms with van der Waals surface area (Å²) in [6.45, 7) is 2.96. The number of aliphatic carboxylic acids is 1. The van der Waals surface area contributed by atoms with E-state index in [9.17, 15) is 4.79 Å². The molecule has 15 heavy (non-hydrogen) atoms. The third-order valence-corrected chi connectivity index (χ3v) is 2.84. The fourth-order valence-electron chi connectivity index (χ4n) is 1.41. The topological polar surface area (TPSA) is 72.5 Å². The highest BCUT2D eigenvalue weighted by Gasteiger charge is 2.26. The van der Waals surface area contributed by atoms with Crippen LogP contribution in [0.25, 0.3) is 0 Å². The Kier molecular flexibility index (Phi) is 4.54. The lowest BCUT2D eigenvalue weighted by Gasteiger charge is -2.18. The molecule has 4 heteroatoms. The van der Waals surface area contributed by atoms with Crippen molar-refractivity contribution in [2.75, 3.05) is 13.2 Å². The lowest BCUT2D eigenvalue weighted by molar-refractivity contribution is -0.143. The van der Waals surface area contributed by atoms with Crippen molar-refractivity contribution in [3.05, 3.63) is 0 Å². The third kappa shape index (κ3) is 5.14. The lowest BCUT2D eigenvalue weighted by atomic mass is 9.98. The molecule has 0 aliphatic heterocycles. The van der Waals surface area contributed by atoms with E-state index in [0.717, 1.165) is 18.9 Å². The number of hydrogen-bond acceptors (Lipinski definition) is 3. The average molecular weight is 215 g/mol. The Labute approximate surface area is 90.8 Å². The van der Waals surface area contributed by atoms with Crippen molar-refractivity contribution in [1.29, 1.82) is 0 Å². The molecule has 1 unspecified atom stereocenters. The van der Waals surface area contributed by atoms with E-state index < -0.39 is 11.5 Å². The molecule has 0 aromatic heterocycles. The second-order valence-electron chi connectivity index (χ2n) is 4.67. The van der Waals surface area contributed by atoms with E-state index in [-0.39, 0.29) is 0 Å². The largest absolute Gasteiger partial charge is 0.480 e. The zero-order valence-corrected chi connectivity index (χ0v) is 9.37. The van der Waals surface area contributed by atoms with E-state index in [2.05, 4.69) is 0 Å². The second kappa shape index (κ2) is 5.47. The predicted octanol–water partition coefficient (Wildman–Crippen LogP) is 1.39. The minimum absolute atomic E-state index is 0.464. The molecule has 0 saturated heterocycles. The van der Waals surface area contributed by atoms with Crippen molar-refractivity contribution in [3.63, 3.8) is 0 Å². The van der Waals surface area contributed by atoms with Gasteiger partial charge in [0, 0.05) is 13.2 Å². The molecule has 1 aliphatic rings. The van der Waals surface area contributed by atoms with Gasteiger partial charge in [0.15, 0.2) is 0 Å². The molecule has 1 fully saturated rings. The van der Waals surface area contributed by atoms with Gasteiger partial charge in [0.25, 0.3) is 0 Å². The number of hydrogen-bond donors (Lipinski definition) is 2. The summed E-state index contributed by atoms with van der Waals surface area (Å²) in [6.07, 6.45) is 5.03. The van der Waals surface area contributed by atoms with Crippen LogP contribution in [0.15, 0.2) is 0 Å². The second-order valence-corrected chi connectivity index (χ2v) is 4.67. The summed E-state index contributed by atoms with van der Waals surface area (Å²) < 4.78 is 5.41. The molecule has 0 radical (unpaired) electrons. The van der Waals surface area contributed by atoms with Crippen molar-refractivity contribution in [2.24, 2.45) is 11.7 Å². The van der Waals surface area contributed by atoms with Gasteiger partial charge in [-0.15, -0.1) is 0 Å². The molecule has 1 aliphatic carbocycles. The minimum Gasteiger partial charge on any atom is -0.480 e. The summed E-state index contributed by atoms with van der Waals surface area (Å²) >= 11 is 0. The van der Waals surface area contributed by atoms with Gasteiger partial charge in [-0.3, -0.25) is 4.79 Å². The first-order chi connectivity index (χ1) is 7.02. The molecule has 0 aromatic rings. The van der Waals surface area contributed by atoms with Gasteiger partial charge < -0.3 is 15.6 Å². The fraction of sp³-hybridized carbons (Fsp3) is 0.909. The number of ether oxygens (including phenoxy) is 1. The number of carboxylic acid groups (broad SMARTS) is 1. The highest BCUT2D eigenvalue weighted by atomic mass is 16.5. The summed E-state index contributed by atoms with van der Waals surface area (Å²) in [6, 6.07) is 0. The number of carbonyl (C=O) groups is 1. The van der Waals surface area contributed by atoms with E-state index in [0.29, 0.717) is 19.4 Å². The Hall–Kier alpha value is -0.610. The molecule has 0 spiro atoms. The van der Waals surface area contributed by atoms with Crippen LogP contribution in [-0.4, -0.2) is 29.8 Å². The first-order valence-electron chi connectivity index (χ1n) is 5.62. The zero-order valence-electron chi connectivity index (χ0n) is 9.37. The van der Waals surface area contributed by atoms with Crippen LogP contribution in [0.2, 0.25) is 0 Å². The summed E-state index contributed by atoms with van der Waals surface area (Å²) in [5.41, 5.74) is 4.47. The maximum atomic E-state index is 10.7. The first kappa shape index (κ1) is 12.5. The average Bonchev–Trinajstić information content (AvgIpc) is 2.94. The Balaban J connectivity index is 1.93.